The minimum atomic E-state index is -0.674. The van der Waals surface area contributed by atoms with Gasteiger partial charge in [0, 0.05) is 11.0 Å². The van der Waals surface area contributed by atoms with Crippen molar-refractivity contribution < 1.29 is 8.78 Å². The van der Waals surface area contributed by atoms with Gasteiger partial charge in [0.25, 0.3) is 0 Å². The topological polar surface area (TPSA) is 51.8 Å². The lowest BCUT2D eigenvalue weighted by Gasteiger charge is -2.07. The highest BCUT2D eigenvalue weighted by Gasteiger charge is 2.12. The van der Waals surface area contributed by atoms with Crippen LogP contribution < -0.4 is 5.73 Å². The van der Waals surface area contributed by atoms with Crippen molar-refractivity contribution in [1.29, 1.82) is 0 Å². The maximum Gasteiger partial charge on any atom is 0.223 e. The van der Waals surface area contributed by atoms with Gasteiger partial charge in [0.15, 0.2) is 0 Å². The van der Waals surface area contributed by atoms with E-state index in [4.69, 9.17) is 17.3 Å². The lowest BCUT2D eigenvalue weighted by molar-refractivity contribution is 0.565. The molecule has 1 aromatic heterocycles. The van der Waals surface area contributed by atoms with Crippen molar-refractivity contribution in [3.8, 4) is 0 Å². The number of nitrogens with zero attached hydrogens (tertiary/aromatic N) is 2. The van der Waals surface area contributed by atoms with Crippen molar-refractivity contribution in [2.75, 3.05) is 5.73 Å². The summed E-state index contributed by atoms with van der Waals surface area (Å²) in [7, 11) is 0. The number of nitrogens with two attached hydrogens (primary N) is 1. The molecular formula is C11H8ClF2N3S. The molecule has 0 atom stereocenters. The first kappa shape index (κ1) is 13.0. The SMILES string of the molecule is Cc1nc(Cl)nc(Sc2ccc(F)cc2F)c1N. The van der Waals surface area contributed by atoms with Crippen LogP contribution in [0.2, 0.25) is 5.28 Å². The predicted octanol–water partition coefficient (Wildman–Crippen LogP) is 3.45. The minimum absolute atomic E-state index is 0.0340. The number of hydrogen-bond acceptors (Lipinski definition) is 4. The molecule has 0 bridgehead atoms. The number of rotatable bonds is 2. The molecule has 1 aromatic carbocycles. The largest absolute Gasteiger partial charge is 0.395 e. The van der Waals surface area contributed by atoms with Gasteiger partial charge in [-0.25, -0.2) is 18.7 Å². The van der Waals surface area contributed by atoms with Crippen LogP contribution in [-0.2, 0) is 0 Å². The molecule has 1 heterocycles. The maximum atomic E-state index is 13.5. The molecular weight excluding hydrogens is 280 g/mol. The van der Waals surface area contributed by atoms with Crippen LogP contribution in [0.4, 0.5) is 14.5 Å². The zero-order valence-electron chi connectivity index (χ0n) is 9.25. The Morgan fingerprint density at radius 1 is 1.28 bits per heavy atom. The van der Waals surface area contributed by atoms with E-state index in [0.717, 1.165) is 23.9 Å². The van der Waals surface area contributed by atoms with Gasteiger partial charge in [0.1, 0.15) is 16.7 Å². The summed E-state index contributed by atoms with van der Waals surface area (Å²) in [6.45, 7) is 1.67. The van der Waals surface area contributed by atoms with E-state index in [-0.39, 0.29) is 10.2 Å². The van der Waals surface area contributed by atoms with Crippen LogP contribution in [-0.4, -0.2) is 9.97 Å². The van der Waals surface area contributed by atoms with Crippen LogP contribution in [0.1, 0.15) is 5.69 Å². The molecule has 0 amide bonds. The van der Waals surface area contributed by atoms with Gasteiger partial charge in [0.05, 0.1) is 11.4 Å². The zero-order valence-corrected chi connectivity index (χ0v) is 10.8. The molecule has 0 aliphatic carbocycles. The second-order valence-corrected chi connectivity index (χ2v) is 4.84. The molecule has 0 fully saturated rings. The summed E-state index contributed by atoms with van der Waals surface area (Å²) in [5, 5.41) is 0.379. The second-order valence-electron chi connectivity index (χ2n) is 3.47. The van der Waals surface area contributed by atoms with E-state index in [1.807, 2.05) is 0 Å². The average molecular weight is 288 g/mol. The molecule has 7 heteroatoms. The molecule has 94 valence electrons. The van der Waals surface area contributed by atoms with Gasteiger partial charge in [-0.05, 0) is 30.7 Å². The maximum absolute atomic E-state index is 13.5. The minimum Gasteiger partial charge on any atom is -0.395 e. The lowest BCUT2D eigenvalue weighted by Crippen LogP contribution is -1.99. The van der Waals surface area contributed by atoms with Crippen LogP contribution in [0.25, 0.3) is 0 Å². The van der Waals surface area contributed by atoms with E-state index < -0.39 is 11.6 Å². The monoisotopic (exact) mass is 287 g/mol. The Balaban J connectivity index is 2.40. The van der Waals surface area contributed by atoms with Gasteiger partial charge in [-0.3, -0.25) is 0 Å². The third-order valence-corrected chi connectivity index (χ3v) is 3.40. The Hall–Kier alpha value is -1.40. The zero-order chi connectivity index (χ0) is 13.3. The molecule has 2 aromatic rings. The van der Waals surface area contributed by atoms with Crippen molar-refractivity contribution in [2.24, 2.45) is 0 Å². The highest BCUT2D eigenvalue weighted by molar-refractivity contribution is 7.99. The van der Waals surface area contributed by atoms with Crippen LogP contribution in [0.3, 0.4) is 0 Å². The van der Waals surface area contributed by atoms with E-state index in [9.17, 15) is 8.78 Å². The summed E-state index contributed by atoms with van der Waals surface area (Å²) in [5.41, 5.74) is 6.62. The number of nitrogen functional groups attached to an aromatic ring is 1. The summed E-state index contributed by atoms with van der Waals surface area (Å²) in [6, 6.07) is 3.28. The molecule has 0 unspecified atom stereocenters. The summed E-state index contributed by atoms with van der Waals surface area (Å²) >= 11 is 6.68. The average Bonchev–Trinajstić information content (AvgIpc) is 2.29. The molecule has 0 spiro atoms. The first-order valence-electron chi connectivity index (χ1n) is 4.90. The Morgan fingerprint density at radius 2 is 2.00 bits per heavy atom. The Morgan fingerprint density at radius 3 is 2.67 bits per heavy atom. The smallest absolute Gasteiger partial charge is 0.223 e. The van der Waals surface area contributed by atoms with E-state index in [0.29, 0.717) is 16.4 Å². The fourth-order valence-corrected chi connectivity index (χ4v) is 2.41. The van der Waals surface area contributed by atoms with Gasteiger partial charge in [-0.1, -0.05) is 11.8 Å². The normalized spacial score (nSPS) is 10.7. The summed E-state index contributed by atoms with van der Waals surface area (Å²) in [6.07, 6.45) is 0. The van der Waals surface area contributed by atoms with Crippen molar-refractivity contribution in [3.63, 3.8) is 0 Å². The third-order valence-electron chi connectivity index (χ3n) is 2.17. The number of hydrogen-bond donors (Lipinski definition) is 1. The predicted molar refractivity (Wildman–Crippen MR) is 66.7 cm³/mol. The van der Waals surface area contributed by atoms with Gasteiger partial charge in [-0.2, -0.15) is 0 Å². The molecule has 2 rings (SSSR count). The van der Waals surface area contributed by atoms with E-state index in [2.05, 4.69) is 9.97 Å². The van der Waals surface area contributed by atoms with Crippen LogP contribution in [0, 0.1) is 18.6 Å². The summed E-state index contributed by atoms with van der Waals surface area (Å²) < 4.78 is 26.3. The number of halogens is 3. The summed E-state index contributed by atoms with van der Waals surface area (Å²) in [5.74, 6) is -1.31. The highest BCUT2D eigenvalue weighted by atomic mass is 35.5. The first-order valence-corrected chi connectivity index (χ1v) is 6.09. The van der Waals surface area contributed by atoms with Gasteiger partial charge in [0.2, 0.25) is 5.28 Å². The van der Waals surface area contributed by atoms with Crippen molar-refractivity contribution in [2.45, 2.75) is 16.8 Å². The quantitative estimate of drug-likeness (QED) is 0.679. The van der Waals surface area contributed by atoms with Crippen LogP contribution >= 0.6 is 23.4 Å². The van der Waals surface area contributed by atoms with E-state index >= 15 is 0 Å². The first-order chi connectivity index (χ1) is 8.47. The van der Waals surface area contributed by atoms with Gasteiger partial charge in [-0.15, -0.1) is 0 Å². The fraction of sp³-hybridized carbons (Fsp3) is 0.0909. The third kappa shape index (κ3) is 2.70. The molecule has 0 aliphatic rings. The molecule has 2 N–H and O–H groups in total. The Kier molecular flexibility index (Phi) is 3.68. The van der Waals surface area contributed by atoms with Crippen molar-refractivity contribution in [3.05, 3.63) is 40.8 Å². The fourth-order valence-electron chi connectivity index (χ4n) is 1.26. The number of anilines is 1. The summed E-state index contributed by atoms with van der Waals surface area (Å²) in [4.78, 5) is 8.02. The van der Waals surface area contributed by atoms with Crippen LogP contribution in [0.5, 0.6) is 0 Å². The Labute approximate surface area is 111 Å². The molecule has 3 nitrogen and oxygen atoms in total. The number of benzene rings is 1. The number of aromatic nitrogens is 2. The molecule has 0 saturated carbocycles. The Bertz CT molecular complexity index is 607. The molecule has 0 aliphatic heterocycles. The molecule has 0 radical (unpaired) electrons. The molecule has 18 heavy (non-hydrogen) atoms. The van der Waals surface area contributed by atoms with Gasteiger partial charge < -0.3 is 5.73 Å². The lowest BCUT2D eigenvalue weighted by atomic mass is 10.3. The second kappa shape index (κ2) is 5.07. The standard InChI is InChI=1S/C11H8ClF2N3S/c1-5-9(15)10(17-11(12)16-5)18-8-3-2-6(13)4-7(8)14/h2-4H,15H2,1H3. The van der Waals surface area contributed by atoms with Crippen molar-refractivity contribution in [1.82, 2.24) is 9.97 Å². The van der Waals surface area contributed by atoms with Gasteiger partial charge >= 0.3 is 0 Å². The molecule has 0 saturated heterocycles. The van der Waals surface area contributed by atoms with E-state index in [1.54, 1.807) is 6.92 Å². The van der Waals surface area contributed by atoms with Crippen molar-refractivity contribution >= 4 is 29.1 Å². The number of aryl methyl sites for hydroxylation is 1. The van der Waals surface area contributed by atoms with E-state index in [1.165, 1.54) is 6.07 Å². The highest BCUT2D eigenvalue weighted by Crippen LogP contribution is 2.33. The van der Waals surface area contributed by atoms with Crippen LogP contribution in [0.15, 0.2) is 28.1 Å².